The van der Waals surface area contributed by atoms with Crippen molar-refractivity contribution >= 4 is 56.1 Å². The molecular formula is C34H29BrN6O4. The number of ether oxygens (including phenoxy) is 1. The lowest BCUT2D eigenvalue weighted by molar-refractivity contribution is -0.122. The lowest BCUT2D eigenvalue weighted by Crippen LogP contribution is -2.45. The average Bonchev–Trinajstić information content (AvgIpc) is 3.41. The topological polar surface area (TPSA) is 126 Å². The van der Waals surface area contributed by atoms with E-state index < -0.39 is 11.9 Å². The quantitative estimate of drug-likeness (QED) is 0.167. The number of hydrazine groups is 1. The smallest absolute Gasteiger partial charge is 0.337 e. The van der Waals surface area contributed by atoms with E-state index in [0.717, 1.165) is 26.5 Å². The number of urea groups is 1. The summed E-state index contributed by atoms with van der Waals surface area (Å²) in [4.78, 5) is 44.0. The number of carbonyl (C=O) groups excluding carboxylic acids is 3. The zero-order valence-electron chi connectivity index (χ0n) is 24.2. The van der Waals surface area contributed by atoms with Gasteiger partial charge < -0.3 is 19.9 Å². The molecule has 45 heavy (non-hydrogen) atoms. The molecule has 0 saturated heterocycles. The summed E-state index contributed by atoms with van der Waals surface area (Å²) < 4.78 is 7.66. The van der Waals surface area contributed by atoms with Crippen molar-refractivity contribution in [2.75, 3.05) is 12.4 Å². The molecule has 0 bridgehead atoms. The van der Waals surface area contributed by atoms with Crippen molar-refractivity contribution < 1.29 is 19.1 Å². The minimum Gasteiger partial charge on any atom is -0.497 e. The molecule has 0 saturated carbocycles. The highest BCUT2D eigenvalue weighted by Crippen LogP contribution is 2.37. The second-order valence-corrected chi connectivity index (χ2v) is 11.3. The van der Waals surface area contributed by atoms with Gasteiger partial charge in [-0.05, 0) is 53.6 Å². The van der Waals surface area contributed by atoms with E-state index >= 15 is 0 Å². The van der Waals surface area contributed by atoms with Gasteiger partial charge in [0.05, 0.1) is 13.2 Å². The Balaban J connectivity index is 1.26. The molecule has 2 atom stereocenters. The third-order valence-electron chi connectivity index (χ3n) is 7.46. The first kappa shape index (κ1) is 29.6. The zero-order chi connectivity index (χ0) is 31.3. The third-order valence-corrected chi connectivity index (χ3v) is 7.95. The van der Waals surface area contributed by atoms with Gasteiger partial charge in [0.25, 0.3) is 11.8 Å². The summed E-state index contributed by atoms with van der Waals surface area (Å²) >= 11 is 3.54. The van der Waals surface area contributed by atoms with Crippen LogP contribution in [0, 0.1) is 0 Å². The van der Waals surface area contributed by atoms with Crippen LogP contribution in [0.4, 0.5) is 10.5 Å². The molecule has 11 heteroatoms. The Morgan fingerprint density at radius 2 is 1.60 bits per heavy atom. The summed E-state index contributed by atoms with van der Waals surface area (Å²) in [5.74, 6) is -0.119. The van der Waals surface area contributed by atoms with Gasteiger partial charge in [-0.25, -0.2) is 10.2 Å². The van der Waals surface area contributed by atoms with E-state index in [4.69, 9.17) is 9.73 Å². The van der Waals surface area contributed by atoms with Gasteiger partial charge in [0, 0.05) is 32.8 Å². The van der Waals surface area contributed by atoms with Crippen molar-refractivity contribution in [2.24, 2.45) is 4.99 Å². The Bertz CT molecular complexity index is 1890. The predicted molar refractivity (Wildman–Crippen MR) is 176 cm³/mol. The summed E-state index contributed by atoms with van der Waals surface area (Å²) in [6, 6.07) is 30.7. The Labute approximate surface area is 267 Å². The SMILES string of the molecule is COc1ccc(NC(=O)NNC(=O)Cn2cc(C3=N[C@@H](c4ccccc4)[C@H](c4ccccc4)NC3=O)c3cc(Br)ccc32)cc1. The number of carbonyl (C=O) groups is 3. The van der Waals surface area contributed by atoms with Crippen LogP contribution in [-0.2, 0) is 16.1 Å². The third kappa shape index (κ3) is 6.58. The van der Waals surface area contributed by atoms with Gasteiger partial charge in [0.1, 0.15) is 24.0 Å². The van der Waals surface area contributed by atoms with E-state index in [0.29, 0.717) is 17.0 Å². The van der Waals surface area contributed by atoms with Crippen LogP contribution < -0.4 is 26.2 Å². The molecule has 2 heterocycles. The zero-order valence-corrected chi connectivity index (χ0v) is 25.7. The maximum absolute atomic E-state index is 13.7. The molecule has 5 aromatic rings. The number of benzene rings is 4. The number of fused-ring (bicyclic) bond motifs is 1. The first-order chi connectivity index (χ1) is 21.9. The van der Waals surface area contributed by atoms with Crippen molar-refractivity contribution in [2.45, 2.75) is 18.6 Å². The van der Waals surface area contributed by atoms with Crippen LogP contribution in [0.3, 0.4) is 0 Å². The second kappa shape index (κ2) is 13.1. The van der Waals surface area contributed by atoms with Gasteiger partial charge in [-0.3, -0.25) is 20.0 Å². The number of halogens is 1. The monoisotopic (exact) mass is 664 g/mol. The van der Waals surface area contributed by atoms with Gasteiger partial charge in [-0.15, -0.1) is 0 Å². The molecule has 1 aromatic heterocycles. The van der Waals surface area contributed by atoms with Crippen molar-refractivity contribution in [1.29, 1.82) is 0 Å². The molecule has 0 radical (unpaired) electrons. The van der Waals surface area contributed by atoms with Crippen LogP contribution in [0.5, 0.6) is 5.75 Å². The summed E-state index contributed by atoms with van der Waals surface area (Å²) in [5, 5.41) is 6.58. The van der Waals surface area contributed by atoms with Gasteiger partial charge in [-0.2, -0.15) is 0 Å². The highest BCUT2D eigenvalue weighted by atomic mass is 79.9. The fourth-order valence-electron chi connectivity index (χ4n) is 5.34. The molecule has 0 spiro atoms. The predicted octanol–water partition coefficient (Wildman–Crippen LogP) is 5.67. The second-order valence-electron chi connectivity index (χ2n) is 10.4. The van der Waals surface area contributed by atoms with Crippen LogP contribution in [0.2, 0.25) is 0 Å². The summed E-state index contributed by atoms with van der Waals surface area (Å²) in [6.07, 6.45) is 1.75. The molecule has 0 unspecified atom stereocenters. The number of nitrogens with zero attached hydrogens (tertiary/aromatic N) is 2. The van der Waals surface area contributed by atoms with Gasteiger partial charge >= 0.3 is 6.03 Å². The number of hydrogen-bond donors (Lipinski definition) is 4. The summed E-state index contributed by atoms with van der Waals surface area (Å²) in [7, 11) is 1.56. The number of nitrogens with one attached hydrogen (secondary N) is 4. The van der Waals surface area contributed by atoms with Gasteiger partial charge in [0.15, 0.2) is 0 Å². The average molecular weight is 666 g/mol. The number of aromatic nitrogens is 1. The van der Waals surface area contributed by atoms with E-state index in [1.54, 1.807) is 42.1 Å². The van der Waals surface area contributed by atoms with Crippen molar-refractivity contribution in [3.05, 3.63) is 130 Å². The molecule has 1 aliphatic heterocycles. The summed E-state index contributed by atoms with van der Waals surface area (Å²) in [6.45, 7) is -0.120. The lowest BCUT2D eigenvalue weighted by atomic mass is 9.91. The molecular weight excluding hydrogens is 636 g/mol. The largest absolute Gasteiger partial charge is 0.497 e. The van der Waals surface area contributed by atoms with Crippen LogP contribution >= 0.6 is 15.9 Å². The van der Waals surface area contributed by atoms with Crippen LogP contribution in [0.15, 0.2) is 119 Å². The number of rotatable bonds is 7. The standard InChI is InChI=1S/C34H29BrN6O4/c1-45-25-15-13-24(14-16-25)36-34(44)40-39-29(42)20-41-19-27(26-18-23(35)12-17-28(26)41)32-33(43)38-31(22-10-6-3-7-11-22)30(37-32)21-8-4-2-5-9-21/h2-19,30-31H,20H2,1H3,(H,38,43)(H,39,42)(H2,36,40,44)/t30-,31-/m0/s1. The van der Waals surface area contributed by atoms with Crippen molar-refractivity contribution in [3.8, 4) is 5.75 Å². The number of amides is 4. The lowest BCUT2D eigenvalue weighted by Gasteiger charge is -2.31. The van der Waals surface area contributed by atoms with E-state index in [1.807, 2.05) is 78.9 Å². The van der Waals surface area contributed by atoms with Crippen molar-refractivity contribution in [3.63, 3.8) is 0 Å². The van der Waals surface area contributed by atoms with Crippen LogP contribution in [0.25, 0.3) is 10.9 Å². The van der Waals surface area contributed by atoms with E-state index in [1.165, 1.54) is 0 Å². The molecule has 0 aliphatic carbocycles. The van der Waals surface area contributed by atoms with Gasteiger partial charge in [-0.1, -0.05) is 76.6 Å². The maximum Gasteiger partial charge on any atom is 0.337 e. The Kier molecular flexibility index (Phi) is 8.61. The number of methoxy groups -OCH3 is 1. The van der Waals surface area contributed by atoms with E-state index in [-0.39, 0.29) is 30.2 Å². The Morgan fingerprint density at radius 3 is 2.29 bits per heavy atom. The highest BCUT2D eigenvalue weighted by molar-refractivity contribution is 9.10. The molecule has 1 aliphatic rings. The fourth-order valence-corrected chi connectivity index (χ4v) is 5.70. The van der Waals surface area contributed by atoms with Gasteiger partial charge in [0.2, 0.25) is 0 Å². The first-order valence-corrected chi connectivity index (χ1v) is 15.0. The molecule has 0 fully saturated rings. The summed E-state index contributed by atoms with van der Waals surface area (Å²) in [5.41, 5.74) is 8.84. The van der Waals surface area contributed by atoms with E-state index in [9.17, 15) is 14.4 Å². The molecule has 226 valence electrons. The highest BCUT2D eigenvalue weighted by Gasteiger charge is 2.34. The normalized spacial score (nSPS) is 16.0. The molecule has 10 nitrogen and oxygen atoms in total. The van der Waals surface area contributed by atoms with E-state index in [2.05, 4.69) is 37.4 Å². The first-order valence-electron chi connectivity index (χ1n) is 14.2. The van der Waals surface area contributed by atoms with Crippen LogP contribution in [0.1, 0.15) is 28.8 Å². The minimum atomic E-state index is -0.608. The maximum atomic E-state index is 13.7. The molecule has 4 aromatic carbocycles. The number of aliphatic imine (C=N–C) groups is 1. The molecule has 6 rings (SSSR count). The van der Waals surface area contributed by atoms with Crippen molar-refractivity contribution in [1.82, 2.24) is 20.7 Å². The Morgan fingerprint density at radius 1 is 0.911 bits per heavy atom. The number of anilines is 1. The fraction of sp³-hybridized carbons (Fsp3) is 0.118. The minimum absolute atomic E-state index is 0.120. The number of hydrogen-bond acceptors (Lipinski definition) is 5. The Hall–Kier alpha value is -5.42. The molecule has 4 N–H and O–H groups in total. The van der Waals surface area contributed by atoms with Crippen LogP contribution in [-0.4, -0.2) is 35.2 Å². The molecule has 4 amide bonds.